The summed E-state index contributed by atoms with van der Waals surface area (Å²) in [5.74, 6) is -0.435. The maximum atomic E-state index is 12.4. The number of hydrogen-bond donors (Lipinski definition) is 1. The van der Waals surface area contributed by atoms with Crippen LogP contribution in [0.5, 0.6) is 0 Å². The van der Waals surface area contributed by atoms with Crippen LogP contribution >= 0.6 is 0 Å². The van der Waals surface area contributed by atoms with Gasteiger partial charge in [-0.15, -0.1) is 0 Å². The molecular weight excluding hydrogens is 516 g/mol. The number of nitrogens with two attached hydrogens (primary N) is 1. The number of amides is 1. The number of aldehydes is 1. The molecule has 3 aromatic heterocycles. The predicted molar refractivity (Wildman–Crippen MR) is 149 cm³/mol. The molecule has 1 amide bonds. The van der Waals surface area contributed by atoms with E-state index in [1.54, 1.807) is 21.8 Å². The first-order chi connectivity index (χ1) is 18.7. The van der Waals surface area contributed by atoms with E-state index in [1.807, 2.05) is 42.5 Å². The van der Waals surface area contributed by atoms with Crippen molar-refractivity contribution in [3.8, 4) is 22.4 Å². The van der Waals surface area contributed by atoms with Gasteiger partial charge in [0.25, 0.3) is 0 Å². The zero-order valence-electron chi connectivity index (χ0n) is 21.7. The van der Waals surface area contributed by atoms with Crippen LogP contribution in [-0.2, 0) is 25.8 Å². The van der Waals surface area contributed by atoms with Crippen LogP contribution in [0.1, 0.15) is 36.4 Å². The Morgan fingerprint density at radius 2 is 1.82 bits per heavy atom. The van der Waals surface area contributed by atoms with Crippen LogP contribution < -0.4 is 5.73 Å². The number of nitrogens with zero attached hydrogens (tertiary/aromatic N) is 5. The Kier molecular flexibility index (Phi) is 7.42. The number of hydrogen-bond acceptors (Lipinski definition) is 8. The van der Waals surface area contributed by atoms with E-state index in [-0.39, 0.29) is 11.8 Å². The van der Waals surface area contributed by atoms with Gasteiger partial charge in [-0.05, 0) is 25.3 Å². The van der Waals surface area contributed by atoms with E-state index in [2.05, 4.69) is 10.1 Å². The molecule has 1 aromatic carbocycles. The third-order valence-electron chi connectivity index (χ3n) is 7.09. The Morgan fingerprint density at radius 1 is 1.08 bits per heavy atom. The number of likely N-dealkylation sites (tertiary alicyclic amines) is 1. The molecule has 0 saturated carbocycles. The van der Waals surface area contributed by atoms with Crippen molar-refractivity contribution >= 4 is 33.5 Å². The highest BCUT2D eigenvalue weighted by Gasteiger charge is 2.29. The zero-order chi connectivity index (χ0) is 27.6. The molecule has 2 N–H and O–H groups in total. The summed E-state index contributed by atoms with van der Waals surface area (Å²) in [5.41, 5.74) is 12.3. The van der Waals surface area contributed by atoms with Crippen molar-refractivity contribution in [1.82, 2.24) is 24.5 Å². The molecule has 0 aliphatic carbocycles. The van der Waals surface area contributed by atoms with Gasteiger partial charge >= 0.3 is 0 Å². The smallest absolute Gasteiger partial charge is 0.237 e. The van der Waals surface area contributed by atoms with Gasteiger partial charge in [-0.2, -0.15) is 9.61 Å². The van der Waals surface area contributed by atoms with E-state index < -0.39 is 15.6 Å². The highest BCUT2D eigenvalue weighted by Crippen LogP contribution is 2.35. The Bertz CT molecular complexity index is 1610. The summed E-state index contributed by atoms with van der Waals surface area (Å²) in [6.45, 7) is 0.853. The Hall–Kier alpha value is -4.12. The van der Waals surface area contributed by atoms with E-state index in [0.717, 1.165) is 46.2 Å². The van der Waals surface area contributed by atoms with Crippen LogP contribution in [0.15, 0.2) is 54.9 Å². The molecule has 0 atom stereocenters. The lowest BCUT2D eigenvalue weighted by atomic mass is 9.89. The minimum Gasteiger partial charge on any atom is -0.383 e. The van der Waals surface area contributed by atoms with Crippen molar-refractivity contribution in [2.45, 2.75) is 31.6 Å². The molecule has 0 unspecified atom stereocenters. The van der Waals surface area contributed by atoms with E-state index in [1.165, 1.54) is 0 Å². The number of nitrogen functional groups attached to an aromatic ring is 1. The lowest BCUT2D eigenvalue weighted by Crippen LogP contribution is -2.41. The maximum absolute atomic E-state index is 12.4. The number of sulfone groups is 1. The second kappa shape index (κ2) is 10.9. The van der Waals surface area contributed by atoms with Crippen molar-refractivity contribution in [2.24, 2.45) is 0 Å². The molecule has 0 bridgehead atoms. The fraction of sp³-hybridized carbons (Fsp3) is 0.321. The summed E-state index contributed by atoms with van der Waals surface area (Å²) in [6, 6.07) is 13.9. The minimum absolute atomic E-state index is 0.00238. The molecule has 1 fully saturated rings. The number of carbonyl (C=O) groups is 2. The van der Waals surface area contributed by atoms with Crippen molar-refractivity contribution < 1.29 is 18.0 Å². The van der Waals surface area contributed by atoms with Crippen LogP contribution in [0, 0.1) is 0 Å². The number of rotatable bonds is 8. The molecule has 0 radical (unpaired) electrons. The van der Waals surface area contributed by atoms with E-state index in [4.69, 9.17) is 10.7 Å². The molecule has 1 aliphatic rings. The SMILES string of the molecule is CS(=O)(=O)CC(=O)N1CCC(c2nc3c(-c4ccc(-c5ccccc5)nc4)cnn3c(N)c2CCC=O)CC1. The molecule has 5 rings (SSSR count). The van der Waals surface area contributed by atoms with Gasteiger partial charge in [-0.25, -0.2) is 13.4 Å². The van der Waals surface area contributed by atoms with Crippen molar-refractivity contribution in [1.29, 1.82) is 0 Å². The average molecular weight is 547 g/mol. The van der Waals surface area contributed by atoms with Crippen molar-refractivity contribution in [3.05, 3.63) is 66.1 Å². The third-order valence-corrected chi connectivity index (χ3v) is 7.86. The molecule has 10 nitrogen and oxygen atoms in total. The molecule has 1 aliphatic heterocycles. The van der Waals surface area contributed by atoms with Crippen LogP contribution in [0.2, 0.25) is 0 Å². The van der Waals surface area contributed by atoms with Crippen molar-refractivity contribution in [2.75, 3.05) is 30.8 Å². The quantitative estimate of drug-likeness (QED) is 0.333. The highest BCUT2D eigenvalue weighted by molar-refractivity contribution is 7.91. The standard InChI is InChI=1S/C28H30N6O4S/c1-39(37,38)18-25(36)33-13-11-20(12-14-33)26-22(8-5-15-35)27(29)34-28(32-26)23(17-31-34)21-9-10-24(30-16-21)19-6-3-2-4-7-19/h2-4,6-7,9-10,15-17,20H,5,8,11-14,18,29H2,1H3. The van der Waals surface area contributed by atoms with Gasteiger partial charge < -0.3 is 15.4 Å². The monoisotopic (exact) mass is 546 g/mol. The summed E-state index contributed by atoms with van der Waals surface area (Å²) < 4.78 is 24.8. The first kappa shape index (κ1) is 26.5. The largest absolute Gasteiger partial charge is 0.383 e. The highest BCUT2D eigenvalue weighted by atomic mass is 32.2. The molecule has 202 valence electrons. The number of piperidine rings is 1. The number of anilines is 1. The van der Waals surface area contributed by atoms with Crippen LogP contribution in [0.4, 0.5) is 5.82 Å². The van der Waals surface area contributed by atoms with Crippen LogP contribution in [-0.4, -0.2) is 70.2 Å². The van der Waals surface area contributed by atoms with E-state index in [0.29, 0.717) is 50.2 Å². The summed E-state index contributed by atoms with van der Waals surface area (Å²) in [4.78, 5) is 34.9. The Labute approximate surface area is 226 Å². The molecule has 4 heterocycles. The van der Waals surface area contributed by atoms with Gasteiger partial charge in [0.2, 0.25) is 5.91 Å². The van der Waals surface area contributed by atoms with Gasteiger partial charge in [0.1, 0.15) is 17.9 Å². The first-order valence-corrected chi connectivity index (χ1v) is 14.9. The fourth-order valence-electron chi connectivity index (χ4n) is 5.12. The van der Waals surface area contributed by atoms with Crippen LogP contribution in [0.3, 0.4) is 0 Å². The number of pyridine rings is 1. The summed E-state index contributed by atoms with van der Waals surface area (Å²) in [5, 5.41) is 4.50. The van der Waals surface area contributed by atoms with Gasteiger partial charge in [-0.3, -0.25) is 9.78 Å². The molecule has 0 spiro atoms. The number of aromatic nitrogens is 4. The van der Waals surface area contributed by atoms with E-state index >= 15 is 0 Å². The second-order valence-corrected chi connectivity index (χ2v) is 12.0. The van der Waals surface area contributed by atoms with Gasteiger partial charge in [0, 0.05) is 60.1 Å². The topological polar surface area (TPSA) is 141 Å². The molecule has 39 heavy (non-hydrogen) atoms. The normalized spacial score (nSPS) is 14.5. The molecule has 11 heteroatoms. The van der Waals surface area contributed by atoms with Gasteiger partial charge in [0.05, 0.1) is 17.6 Å². The molecular formula is C28H30N6O4S. The second-order valence-electron chi connectivity index (χ2n) is 9.88. The summed E-state index contributed by atoms with van der Waals surface area (Å²) in [6.07, 6.45) is 7.40. The van der Waals surface area contributed by atoms with Gasteiger partial charge in [0.15, 0.2) is 15.5 Å². The maximum Gasteiger partial charge on any atom is 0.237 e. The third kappa shape index (κ3) is 5.68. The van der Waals surface area contributed by atoms with E-state index in [9.17, 15) is 18.0 Å². The Balaban J connectivity index is 1.47. The zero-order valence-corrected chi connectivity index (χ0v) is 22.5. The lowest BCUT2D eigenvalue weighted by Gasteiger charge is -2.32. The van der Waals surface area contributed by atoms with Gasteiger partial charge in [-0.1, -0.05) is 36.4 Å². The van der Waals surface area contributed by atoms with Crippen molar-refractivity contribution in [3.63, 3.8) is 0 Å². The predicted octanol–water partition coefficient (Wildman–Crippen LogP) is 2.92. The molecule has 4 aromatic rings. The summed E-state index contributed by atoms with van der Waals surface area (Å²) in [7, 11) is -3.40. The Morgan fingerprint density at radius 3 is 2.46 bits per heavy atom. The number of benzene rings is 1. The first-order valence-electron chi connectivity index (χ1n) is 12.8. The molecule has 1 saturated heterocycles. The number of fused-ring (bicyclic) bond motifs is 1. The average Bonchev–Trinajstić information content (AvgIpc) is 3.36. The van der Waals surface area contributed by atoms with Crippen LogP contribution in [0.25, 0.3) is 28.0 Å². The lowest BCUT2D eigenvalue weighted by molar-refractivity contribution is -0.129. The number of carbonyl (C=O) groups excluding carboxylic acids is 2. The fourth-order valence-corrected chi connectivity index (χ4v) is 5.75. The summed E-state index contributed by atoms with van der Waals surface area (Å²) >= 11 is 0. The minimum atomic E-state index is -3.40.